The van der Waals surface area contributed by atoms with Gasteiger partial charge in [0.1, 0.15) is 5.56 Å². The molecule has 0 aliphatic rings. The van der Waals surface area contributed by atoms with Crippen molar-refractivity contribution in [2.45, 2.75) is 13.5 Å². The van der Waals surface area contributed by atoms with Crippen molar-refractivity contribution in [1.29, 1.82) is 0 Å². The Kier molecular flexibility index (Phi) is 3.87. The summed E-state index contributed by atoms with van der Waals surface area (Å²) in [6.45, 7) is 2.68. The SMILES string of the molecule is Cc1cccc(CN(C)c2nc3oc(=O)c(C(=O)O)cc3s2)c1. The van der Waals surface area contributed by atoms with Gasteiger partial charge >= 0.3 is 11.6 Å². The lowest BCUT2D eigenvalue weighted by Gasteiger charge is -2.15. The van der Waals surface area contributed by atoms with E-state index < -0.39 is 11.6 Å². The van der Waals surface area contributed by atoms with Gasteiger partial charge in [0, 0.05) is 13.6 Å². The minimum Gasteiger partial charge on any atom is -0.477 e. The Balaban J connectivity index is 1.93. The standard InChI is InChI=1S/C16H14N2O4S/c1-9-4-3-5-10(6-9)8-18(2)16-17-13-12(23-16)7-11(14(19)20)15(21)22-13/h3-7H,8H2,1-2H3,(H,19,20). The highest BCUT2D eigenvalue weighted by Crippen LogP contribution is 2.28. The topological polar surface area (TPSA) is 83.6 Å². The van der Waals surface area contributed by atoms with E-state index in [2.05, 4.69) is 11.1 Å². The molecule has 0 aliphatic heterocycles. The molecule has 0 atom stereocenters. The Labute approximate surface area is 135 Å². The summed E-state index contributed by atoms with van der Waals surface area (Å²) in [4.78, 5) is 28.8. The van der Waals surface area contributed by atoms with E-state index in [1.165, 1.54) is 23.0 Å². The summed E-state index contributed by atoms with van der Waals surface area (Å²) in [5.41, 5.74) is 1.21. The maximum Gasteiger partial charge on any atom is 0.352 e. The third kappa shape index (κ3) is 3.09. The highest BCUT2D eigenvalue weighted by atomic mass is 32.1. The molecule has 1 N–H and O–H groups in total. The summed E-state index contributed by atoms with van der Waals surface area (Å²) in [7, 11) is 1.89. The van der Waals surface area contributed by atoms with Crippen molar-refractivity contribution in [3.8, 4) is 0 Å². The second-order valence-corrected chi connectivity index (χ2v) is 6.27. The maximum atomic E-state index is 11.6. The first kappa shape index (κ1) is 15.2. The van der Waals surface area contributed by atoms with Gasteiger partial charge in [0.15, 0.2) is 5.13 Å². The van der Waals surface area contributed by atoms with E-state index in [1.54, 1.807) is 0 Å². The quantitative estimate of drug-likeness (QED) is 0.792. The molecule has 0 fully saturated rings. The van der Waals surface area contributed by atoms with E-state index in [1.807, 2.05) is 37.1 Å². The van der Waals surface area contributed by atoms with E-state index in [9.17, 15) is 9.59 Å². The second-order valence-electron chi connectivity index (χ2n) is 5.26. The zero-order valence-corrected chi connectivity index (χ0v) is 13.4. The van der Waals surface area contributed by atoms with Gasteiger partial charge in [-0.25, -0.2) is 9.59 Å². The van der Waals surface area contributed by atoms with Crippen LogP contribution in [-0.4, -0.2) is 23.1 Å². The van der Waals surface area contributed by atoms with Gasteiger partial charge in [-0.2, -0.15) is 4.98 Å². The zero-order valence-electron chi connectivity index (χ0n) is 12.6. The Morgan fingerprint density at radius 3 is 2.87 bits per heavy atom. The normalized spacial score (nSPS) is 10.9. The van der Waals surface area contributed by atoms with Crippen LogP contribution in [0.15, 0.2) is 39.5 Å². The fourth-order valence-electron chi connectivity index (χ4n) is 2.27. The number of carboxylic acids is 1. The van der Waals surface area contributed by atoms with Crippen LogP contribution in [0.1, 0.15) is 21.5 Å². The average molecular weight is 330 g/mol. The van der Waals surface area contributed by atoms with E-state index in [4.69, 9.17) is 9.52 Å². The van der Waals surface area contributed by atoms with Crippen molar-refractivity contribution in [3.63, 3.8) is 0 Å². The maximum absolute atomic E-state index is 11.6. The summed E-state index contributed by atoms with van der Waals surface area (Å²) >= 11 is 1.29. The van der Waals surface area contributed by atoms with Gasteiger partial charge in [-0.15, -0.1) is 0 Å². The van der Waals surface area contributed by atoms with Crippen LogP contribution < -0.4 is 10.5 Å². The number of aryl methyl sites for hydroxylation is 1. The Hall–Kier alpha value is -2.67. The number of aromatic carboxylic acids is 1. The Morgan fingerprint density at radius 2 is 2.17 bits per heavy atom. The smallest absolute Gasteiger partial charge is 0.352 e. The minimum absolute atomic E-state index is 0.163. The van der Waals surface area contributed by atoms with Crippen molar-refractivity contribution in [3.05, 3.63) is 57.4 Å². The number of hydrogen-bond acceptors (Lipinski definition) is 6. The number of benzene rings is 1. The number of fused-ring (bicyclic) bond motifs is 1. The molecule has 6 nitrogen and oxygen atoms in total. The lowest BCUT2D eigenvalue weighted by Crippen LogP contribution is -2.16. The third-order valence-corrected chi connectivity index (χ3v) is 4.45. The highest BCUT2D eigenvalue weighted by Gasteiger charge is 2.16. The van der Waals surface area contributed by atoms with Crippen molar-refractivity contribution >= 4 is 32.9 Å². The molecule has 2 aromatic heterocycles. The van der Waals surface area contributed by atoms with Crippen LogP contribution in [0, 0.1) is 6.92 Å². The molecule has 0 bridgehead atoms. The number of rotatable bonds is 4. The van der Waals surface area contributed by atoms with E-state index in [0.717, 1.165) is 5.56 Å². The van der Waals surface area contributed by atoms with Crippen LogP contribution in [0.25, 0.3) is 10.4 Å². The summed E-state index contributed by atoms with van der Waals surface area (Å²) < 4.78 is 5.53. The molecule has 0 amide bonds. The fraction of sp³-hybridized carbons (Fsp3) is 0.188. The van der Waals surface area contributed by atoms with E-state index in [0.29, 0.717) is 16.4 Å². The van der Waals surface area contributed by atoms with Crippen LogP contribution in [-0.2, 0) is 6.54 Å². The predicted molar refractivity (Wildman–Crippen MR) is 88.4 cm³/mol. The molecule has 23 heavy (non-hydrogen) atoms. The molecule has 0 spiro atoms. The Morgan fingerprint density at radius 1 is 1.39 bits per heavy atom. The first-order chi connectivity index (χ1) is 10.9. The first-order valence-corrected chi connectivity index (χ1v) is 7.70. The number of nitrogens with zero attached hydrogens (tertiary/aromatic N) is 2. The van der Waals surface area contributed by atoms with Crippen LogP contribution in [0.2, 0.25) is 0 Å². The monoisotopic (exact) mass is 330 g/mol. The summed E-state index contributed by atoms with van der Waals surface area (Å²) in [6, 6.07) is 9.45. The first-order valence-electron chi connectivity index (χ1n) is 6.88. The van der Waals surface area contributed by atoms with Gasteiger partial charge in [0.2, 0.25) is 5.71 Å². The minimum atomic E-state index is -1.30. The molecule has 3 aromatic rings. The second kappa shape index (κ2) is 5.85. The van der Waals surface area contributed by atoms with E-state index >= 15 is 0 Å². The van der Waals surface area contributed by atoms with Gasteiger partial charge in [-0.3, -0.25) is 0 Å². The van der Waals surface area contributed by atoms with E-state index in [-0.39, 0.29) is 11.3 Å². The van der Waals surface area contributed by atoms with Crippen LogP contribution in [0.4, 0.5) is 5.13 Å². The van der Waals surface area contributed by atoms with Gasteiger partial charge in [-0.05, 0) is 18.6 Å². The number of carboxylic acid groups (broad SMARTS) is 1. The van der Waals surface area contributed by atoms with Gasteiger partial charge in [0.25, 0.3) is 0 Å². The largest absolute Gasteiger partial charge is 0.477 e. The number of aromatic nitrogens is 1. The van der Waals surface area contributed by atoms with Crippen LogP contribution in [0.3, 0.4) is 0 Å². The number of carbonyl (C=O) groups is 1. The molecular weight excluding hydrogens is 316 g/mol. The van der Waals surface area contributed by atoms with Crippen molar-refractivity contribution < 1.29 is 14.3 Å². The molecule has 0 unspecified atom stereocenters. The zero-order chi connectivity index (χ0) is 16.6. The van der Waals surface area contributed by atoms with Gasteiger partial charge < -0.3 is 14.4 Å². The van der Waals surface area contributed by atoms with Crippen LogP contribution >= 0.6 is 11.3 Å². The molecule has 0 radical (unpaired) electrons. The predicted octanol–water partition coefficient (Wildman–Crippen LogP) is 2.89. The fourth-order valence-corrected chi connectivity index (χ4v) is 3.17. The molecule has 1 aromatic carbocycles. The lowest BCUT2D eigenvalue weighted by atomic mass is 10.1. The Bertz CT molecular complexity index is 945. The van der Waals surface area contributed by atoms with Crippen molar-refractivity contribution in [2.75, 3.05) is 11.9 Å². The highest BCUT2D eigenvalue weighted by molar-refractivity contribution is 7.22. The van der Waals surface area contributed by atoms with Gasteiger partial charge in [0.05, 0.1) is 4.70 Å². The molecule has 7 heteroatoms. The molecule has 0 saturated carbocycles. The summed E-state index contributed by atoms with van der Waals surface area (Å²) in [5.74, 6) is -1.30. The molecular formula is C16H14N2O4S. The number of anilines is 1. The van der Waals surface area contributed by atoms with Crippen molar-refractivity contribution in [1.82, 2.24) is 4.98 Å². The lowest BCUT2D eigenvalue weighted by molar-refractivity contribution is 0.0692. The molecule has 118 valence electrons. The third-order valence-electron chi connectivity index (χ3n) is 3.35. The van der Waals surface area contributed by atoms with Crippen molar-refractivity contribution in [2.24, 2.45) is 0 Å². The summed E-state index contributed by atoms with van der Waals surface area (Å²) in [6.07, 6.45) is 0. The van der Waals surface area contributed by atoms with Gasteiger partial charge in [-0.1, -0.05) is 41.2 Å². The molecule has 0 aliphatic carbocycles. The molecule has 2 heterocycles. The molecule has 0 saturated heterocycles. The summed E-state index contributed by atoms with van der Waals surface area (Å²) in [5, 5.41) is 9.64. The molecule has 3 rings (SSSR count). The van der Waals surface area contributed by atoms with Crippen LogP contribution in [0.5, 0.6) is 0 Å². The average Bonchev–Trinajstić information content (AvgIpc) is 2.89. The number of thiazole rings is 1. The number of hydrogen-bond donors (Lipinski definition) is 1.